The molecule has 122 valence electrons. The van der Waals surface area contributed by atoms with E-state index < -0.39 is 0 Å². The molecule has 0 aliphatic carbocycles. The minimum atomic E-state index is -0.148. The van der Waals surface area contributed by atoms with Gasteiger partial charge in [-0.25, -0.2) is 0 Å². The largest absolute Gasteiger partial charge is 0.359 e. The molecule has 24 heavy (non-hydrogen) atoms. The van der Waals surface area contributed by atoms with Crippen molar-refractivity contribution in [2.75, 3.05) is 7.05 Å². The Balaban J connectivity index is 1.70. The molecular formula is C18H16N2O3S. The van der Waals surface area contributed by atoms with Gasteiger partial charge in [0.25, 0.3) is 5.91 Å². The SMILES string of the molecule is CC(=O)c1ccc(C(=O)N(C)Cc2cc(-c3ccccc3)no2)s1. The first-order valence-electron chi connectivity index (χ1n) is 7.42. The summed E-state index contributed by atoms with van der Waals surface area (Å²) in [5, 5.41) is 4.04. The van der Waals surface area contributed by atoms with Crippen molar-refractivity contribution >= 4 is 23.0 Å². The molecule has 2 aromatic heterocycles. The molecule has 0 bridgehead atoms. The molecule has 2 heterocycles. The Morgan fingerprint density at radius 2 is 1.83 bits per heavy atom. The standard InChI is InChI=1S/C18H16N2O3S/c1-12(21)16-8-9-17(24-16)18(22)20(2)11-14-10-15(19-23-14)13-6-4-3-5-7-13/h3-10H,11H2,1-2H3. The van der Waals surface area contributed by atoms with Crippen LogP contribution in [0.5, 0.6) is 0 Å². The second-order valence-corrected chi connectivity index (χ2v) is 6.51. The van der Waals surface area contributed by atoms with Crippen LogP contribution in [-0.2, 0) is 6.54 Å². The minimum absolute atomic E-state index is 0.0376. The smallest absolute Gasteiger partial charge is 0.264 e. The van der Waals surface area contributed by atoms with Crippen molar-refractivity contribution in [3.05, 3.63) is 64.0 Å². The zero-order valence-electron chi connectivity index (χ0n) is 13.4. The van der Waals surface area contributed by atoms with Crippen molar-refractivity contribution in [1.29, 1.82) is 0 Å². The van der Waals surface area contributed by atoms with Gasteiger partial charge in [-0.3, -0.25) is 9.59 Å². The first-order valence-corrected chi connectivity index (χ1v) is 8.23. The van der Waals surface area contributed by atoms with Crippen LogP contribution in [0.2, 0.25) is 0 Å². The number of thiophene rings is 1. The number of nitrogens with zero attached hydrogens (tertiary/aromatic N) is 2. The van der Waals surface area contributed by atoms with Crippen LogP contribution in [0, 0.1) is 0 Å². The van der Waals surface area contributed by atoms with Crippen LogP contribution in [0.3, 0.4) is 0 Å². The van der Waals surface area contributed by atoms with Gasteiger partial charge in [0.1, 0.15) is 5.69 Å². The molecule has 5 nitrogen and oxygen atoms in total. The molecule has 6 heteroatoms. The van der Waals surface area contributed by atoms with Crippen molar-refractivity contribution in [2.45, 2.75) is 13.5 Å². The molecule has 0 spiro atoms. The van der Waals surface area contributed by atoms with Gasteiger partial charge in [0.2, 0.25) is 0 Å². The molecule has 0 unspecified atom stereocenters. The van der Waals surface area contributed by atoms with Gasteiger partial charge in [0, 0.05) is 18.7 Å². The van der Waals surface area contributed by atoms with E-state index >= 15 is 0 Å². The second-order valence-electron chi connectivity index (χ2n) is 5.43. The average Bonchev–Trinajstić information content (AvgIpc) is 3.24. The quantitative estimate of drug-likeness (QED) is 0.661. The van der Waals surface area contributed by atoms with E-state index in [1.54, 1.807) is 24.1 Å². The van der Waals surface area contributed by atoms with Crippen LogP contribution in [0.4, 0.5) is 0 Å². The maximum Gasteiger partial charge on any atom is 0.264 e. The van der Waals surface area contributed by atoms with Crippen molar-refractivity contribution in [2.24, 2.45) is 0 Å². The van der Waals surface area contributed by atoms with E-state index in [-0.39, 0.29) is 11.7 Å². The van der Waals surface area contributed by atoms with Crippen molar-refractivity contribution < 1.29 is 14.1 Å². The van der Waals surface area contributed by atoms with Crippen molar-refractivity contribution in [1.82, 2.24) is 10.1 Å². The molecule has 0 radical (unpaired) electrons. The van der Waals surface area contributed by atoms with E-state index in [4.69, 9.17) is 4.52 Å². The third-order valence-corrected chi connectivity index (χ3v) is 4.71. The molecule has 0 aliphatic rings. The lowest BCUT2D eigenvalue weighted by molar-refractivity contribution is 0.0777. The Morgan fingerprint density at radius 3 is 2.50 bits per heavy atom. The number of hydrogen-bond acceptors (Lipinski definition) is 5. The van der Waals surface area contributed by atoms with Crippen molar-refractivity contribution in [3.63, 3.8) is 0 Å². The summed E-state index contributed by atoms with van der Waals surface area (Å²) in [7, 11) is 1.69. The Morgan fingerprint density at radius 1 is 1.12 bits per heavy atom. The topological polar surface area (TPSA) is 63.4 Å². The first-order chi connectivity index (χ1) is 11.5. The van der Waals surface area contributed by atoms with Crippen molar-refractivity contribution in [3.8, 4) is 11.3 Å². The zero-order valence-corrected chi connectivity index (χ0v) is 14.2. The number of carbonyl (C=O) groups is 2. The molecule has 3 aromatic rings. The van der Waals surface area contributed by atoms with Gasteiger partial charge < -0.3 is 9.42 Å². The van der Waals surface area contributed by atoms with Gasteiger partial charge >= 0.3 is 0 Å². The van der Waals surface area contributed by atoms with Crippen LogP contribution in [-0.4, -0.2) is 28.8 Å². The number of carbonyl (C=O) groups excluding carboxylic acids is 2. The fourth-order valence-corrected chi connectivity index (χ4v) is 3.16. The lowest BCUT2D eigenvalue weighted by Gasteiger charge is -2.13. The molecule has 3 rings (SSSR count). The van der Waals surface area contributed by atoms with Gasteiger partial charge in [-0.05, 0) is 19.1 Å². The molecule has 0 atom stereocenters. The summed E-state index contributed by atoms with van der Waals surface area (Å²) >= 11 is 1.20. The molecule has 0 aliphatic heterocycles. The number of aromatic nitrogens is 1. The zero-order chi connectivity index (χ0) is 17.1. The molecule has 1 aromatic carbocycles. The fourth-order valence-electron chi connectivity index (χ4n) is 2.27. The average molecular weight is 340 g/mol. The van der Waals surface area contributed by atoms with E-state index in [1.165, 1.54) is 18.3 Å². The highest BCUT2D eigenvalue weighted by Crippen LogP contribution is 2.21. The maximum atomic E-state index is 12.4. The number of benzene rings is 1. The van der Waals surface area contributed by atoms with Crippen LogP contribution in [0.25, 0.3) is 11.3 Å². The Labute approximate surface area is 143 Å². The van der Waals surface area contributed by atoms with Crippen LogP contribution >= 0.6 is 11.3 Å². The van der Waals surface area contributed by atoms with E-state index in [0.29, 0.717) is 22.1 Å². The molecular weight excluding hydrogens is 324 g/mol. The van der Waals surface area contributed by atoms with Crippen LogP contribution in [0.15, 0.2) is 53.1 Å². The normalized spacial score (nSPS) is 10.6. The second kappa shape index (κ2) is 6.80. The van der Waals surface area contributed by atoms with Gasteiger partial charge in [0.05, 0.1) is 16.3 Å². The Kier molecular flexibility index (Phi) is 4.57. The lowest BCUT2D eigenvalue weighted by atomic mass is 10.1. The summed E-state index contributed by atoms with van der Waals surface area (Å²) in [6, 6.07) is 14.9. The van der Waals surface area contributed by atoms with E-state index in [9.17, 15) is 9.59 Å². The number of ketones is 1. The number of Topliss-reactive ketones (excluding diaryl/α,β-unsaturated/α-hetero) is 1. The summed E-state index contributed by atoms with van der Waals surface area (Å²) in [5.41, 5.74) is 1.70. The molecule has 0 fully saturated rings. The highest BCUT2D eigenvalue weighted by molar-refractivity contribution is 7.15. The molecule has 0 N–H and O–H groups in total. The number of rotatable bonds is 5. The Hall–Kier alpha value is -2.73. The lowest BCUT2D eigenvalue weighted by Crippen LogP contribution is -2.25. The summed E-state index contributed by atoms with van der Waals surface area (Å²) in [6.45, 7) is 1.80. The van der Waals surface area contributed by atoms with Gasteiger partial charge in [-0.15, -0.1) is 11.3 Å². The van der Waals surface area contributed by atoms with E-state index in [1.807, 2.05) is 36.4 Å². The minimum Gasteiger partial charge on any atom is -0.359 e. The third kappa shape index (κ3) is 3.44. The van der Waals surface area contributed by atoms with Crippen LogP contribution in [0.1, 0.15) is 32.0 Å². The summed E-state index contributed by atoms with van der Waals surface area (Å²) in [6.07, 6.45) is 0. The first kappa shape index (κ1) is 16.1. The van der Waals surface area contributed by atoms with Crippen LogP contribution < -0.4 is 0 Å². The molecule has 0 saturated carbocycles. The molecule has 0 saturated heterocycles. The third-order valence-electron chi connectivity index (χ3n) is 3.53. The fraction of sp³-hybridized carbons (Fsp3) is 0.167. The van der Waals surface area contributed by atoms with E-state index in [2.05, 4.69) is 5.16 Å². The molecule has 1 amide bonds. The maximum absolute atomic E-state index is 12.4. The van der Waals surface area contributed by atoms with Gasteiger partial charge in [-0.2, -0.15) is 0 Å². The van der Waals surface area contributed by atoms with E-state index in [0.717, 1.165) is 11.3 Å². The summed E-state index contributed by atoms with van der Waals surface area (Å²) in [5.74, 6) is 0.419. The summed E-state index contributed by atoms with van der Waals surface area (Å²) < 4.78 is 5.32. The highest BCUT2D eigenvalue weighted by atomic mass is 32.1. The monoisotopic (exact) mass is 340 g/mol. The predicted octanol–water partition coefficient (Wildman–Crippen LogP) is 3.88. The highest BCUT2D eigenvalue weighted by Gasteiger charge is 2.17. The predicted molar refractivity (Wildman–Crippen MR) is 92.1 cm³/mol. The van der Waals surface area contributed by atoms with Gasteiger partial charge in [-0.1, -0.05) is 35.5 Å². The van der Waals surface area contributed by atoms with Gasteiger partial charge in [0.15, 0.2) is 11.5 Å². The number of hydrogen-bond donors (Lipinski definition) is 0. The Bertz CT molecular complexity index is 867. The summed E-state index contributed by atoms with van der Waals surface area (Å²) in [4.78, 5) is 26.4. The number of amides is 1.